The fourth-order valence-electron chi connectivity index (χ4n) is 1.57. The molecule has 114 valence electrons. The highest BCUT2D eigenvalue weighted by Crippen LogP contribution is 2.16. The molecule has 0 atom stereocenters. The van der Waals surface area contributed by atoms with E-state index in [0.717, 1.165) is 19.3 Å². The molecule has 2 amide bonds. The topological polar surface area (TPSA) is 67.4 Å². The van der Waals surface area contributed by atoms with Crippen LogP contribution in [0.2, 0.25) is 0 Å². The molecule has 5 nitrogen and oxygen atoms in total. The molecule has 5 heteroatoms. The molecule has 0 saturated heterocycles. The van der Waals surface area contributed by atoms with Crippen LogP contribution >= 0.6 is 0 Å². The maximum absolute atomic E-state index is 12.0. The Labute approximate surface area is 125 Å². The highest BCUT2D eigenvalue weighted by Gasteiger charge is 2.13. The summed E-state index contributed by atoms with van der Waals surface area (Å²) in [6.45, 7) is 4.38. The van der Waals surface area contributed by atoms with E-state index in [4.69, 9.17) is 4.74 Å². The third-order valence-electron chi connectivity index (χ3n) is 2.69. The van der Waals surface area contributed by atoms with Gasteiger partial charge in [-0.05, 0) is 25.0 Å². The lowest BCUT2D eigenvalue weighted by atomic mass is 10.2. The number of urea groups is 1. The van der Waals surface area contributed by atoms with E-state index in [9.17, 15) is 9.59 Å². The maximum Gasteiger partial charge on any atom is 0.340 e. The van der Waals surface area contributed by atoms with Crippen molar-refractivity contribution < 1.29 is 14.3 Å². The minimum Gasteiger partial charge on any atom is -0.462 e. The molecule has 0 aliphatic carbocycles. The summed E-state index contributed by atoms with van der Waals surface area (Å²) in [6, 6.07) is 6.38. The molecule has 0 aliphatic heterocycles. The molecule has 1 aromatic rings. The third-order valence-corrected chi connectivity index (χ3v) is 2.69. The van der Waals surface area contributed by atoms with Crippen molar-refractivity contribution in [1.29, 1.82) is 0 Å². The van der Waals surface area contributed by atoms with Crippen molar-refractivity contribution in [3.63, 3.8) is 0 Å². The highest BCUT2D eigenvalue weighted by atomic mass is 16.5. The molecule has 0 heterocycles. The van der Waals surface area contributed by atoms with Gasteiger partial charge in [0.15, 0.2) is 0 Å². The van der Waals surface area contributed by atoms with Gasteiger partial charge in [-0.3, -0.25) is 0 Å². The summed E-state index contributed by atoms with van der Waals surface area (Å²) < 4.78 is 5.16. The van der Waals surface area contributed by atoms with Crippen LogP contribution in [0.25, 0.3) is 0 Å². The van der Waals surface area contributed by atoms with Crippen molar-refractivity contribution in [2.45, 2.75) is 33.1 Å². The van der Waals surface area contributed by atoms with Gasteiger partial charge in [0.25, 0.3) is 0 Å². The second kappa shape index (κ2) is 9.58. The lowest BCUT2D eigenvalue weighted by molar-refractivity contribution is 0.0501. The number of amides is 2. The molecule has 0 bridgehead atoms. The minimum absolute atomic E-state index is 0.350. The first-order chi connectivity index (χ1) is 10.2. The van der Waals surface area contributed by atoms with Gasteiger partial charge in [-0.2, -0.15) is 0 Å². The molecule has 0 fully saturated rings. The number of benzene rings is 1. The number of ether oxygens (including phenoxy) is 1. The predicted molar refractivity (Wildman–Crippen MR) is 83.2 cm³/mol. The molecular weight excluding hydrogens is 268 g/mol. The summed E-state index contributed by atoms with van der Waals surface area (Å²) in [5.74, 6) is -0.427. The fraction of sp³-hybridized carbons (Fsp3) is 0.375. The van der Waals surface area contributed by atoms with Crippen molar-refractivity contribution in [2.75, 3.05) is 11.9 Å². The van der Waals surface area contributed by atoms with Crippen molar-refractivity contribution in [1.82, 2.24) is 5.32 Å². The van der Waals surface area contributed by atoms with Crippen LogP contribution in [-0.2, 0) is 4.74 Å². The zero-order chi connectivity index (χ0) is 15.5. The average Bonchev–Trinajstić information content (AvgIpc) is 2.48. The van der Waals surface area contributed by atoms with Crippen LogP contribution in [-0.4, -0.2) is 18.6 Å². The first-order valence-electron chi connectivity index (χ1n) is 7.17. The number of allylic oxidation sites excluding steroid dienone is 1. The summed E-state index contributed by atoms with van der Waals surface area (Å²) in [6.07, 6.45) is 6.01. The molecular formula is C16H22N2O3. The van der Waals surface area contributed by atoms with Crippen molar-refractivity contribution in [3.8, 4) is 0 Å². The summed E-state index contributed by atoms with van der Waals surface area (Å²) in [5.41, 5.74) is 0.782. The molecule has 2 N–H and O–H groups in total. The Kier molecular flexibility index (Phi) is 7.64. The van der Waals surface area contributed by atoms with E-state index in [1.165, 1.54) is 0 Å². The summed E-state index contributed by atoms with van der Waals surface area (Å²) >= 11 is 0. The molecule has 21 heavy (non-hydrogen) atoms. The van der Waals surface area contributed by atoms with Crippen LogP contribution in [0.5, 0.6) is 0 Å². The number of carbonyl (C=O) groups is 2. The van der Waals surface area contributed by atoms with Gasteiger partial charge in [-0.15, -0.1) is 0 Å². The molecule has 0 spiro atoms. The largest absolute Gasteiger partial charge is 0.462 e. The normalized spacial score (nSPS) is 10.4. The third kappa shape index (κ3) is 6.12. The van der Waals surface area contributed by atoms with Crippen LogP contribution in [0, 0.1) is 0 Å². The van der Waals surface area contributed by atoms with Gasteiger partial charge in [0, 0.05) is 6.20 Å². The quantitative estimate of drug-likeness (QED) is 0.594. The van der Waals surface area contributed by atoms with Crippen LogP contribution in [0.15, 0.2) is 36.5 Å². The Morgan fingerprint density at radius 3 is 2.71 bits per heavy atom. The summed E-state index contributed by atoms with van der Waals surface area (Å²) in [7, 11) is 0. The lowest BCUT2D eigenvalue weighted by Gasteiger charge is -2.10. The number of hydrogen-bond donors (Lipinski definition) is 2. The number of esters is 1. The molecule has 0 radical (unpaired) electrons. The van der Waals surface area contributed by atoms with Crippen LogP contribution in [0.4, 0.5) is 10.5 Å². The molecule has 1 aromatic carbocycles. The average molecular weight is 290 g/mol. The zero-order valence-corrected chi connectivity index (χ0v) is 12.5. The van der Waals surface area contributed by atoms with Gasteiger partial charge in [-0.25, -0.2) is 9.59 Å². The number of carbonyl (C=O) groups excluding carboxylic acids is 2. The fourth-order valence-corrected chi connectivity index (χ4v) is 1.57. The Morgan fingerprint density at radius 2 is 2.00 bits per heavy atom. The maximum atomic E-state index is 12.0. The van der Waals surface area contributed by atoms with Crippen molar-refractivity contribution >= 4 is 17.7 Å². The van der Waals surface area contributed by atoms with Gasteiger partial charge >= 0.3 is 12.0 Å². The Balaban J connectivity index is 2.68. The van der Waals surface area contributed by atoms with Crippen molar-refractivity contribution in [2.24, 2.45) is 0 Å². The first-order valence-corrected chi connectivity index (χ1v) is 7.17. The van der Waals surface area contributed by atoms with Crippen LogP contribution < -0.4 is 10.6 Å². The number of hydrogen-bond acceptors (Lipinski definition) is 3. The molecule has 0 aromatic heterocycles. The smallest absolute Gasteiger partial charge is 0.340 e. The van der Waals surface area contributed by atoms with Crippen LogP contribution in [0.3, 0.4) is 0 Å². The van der Waals surface area contributed by atoms with E-state index < -0.39 is 12.0 Å². The van der Waals surface area contributed by atoms with Gasteiger partial charge in [0.05, 0.1) is 17.9 Å². The van der Waals surface area contributed by atoms with Gasteiger partial charge in [-0.1, -0.05) is 38.5 Å². The standard InChI is InChI=1S/C16H22N2O3/c1-3-5-11-17-16(20)18-14-10-8-7-9-13(14)15(19)21-12-6-4-2/h5,7-11H,3-4,6,12H2,1-2H3,(H2,17,18,20)/b11-5+. The number of para-hydroxylation sites is 1. The van der Waals surface area contributed by atoms with E-state index in [1.807, 2.05) is 19.9 Å². The molecule has 0 unspecified atom stereocenters. The molecule has 0 saturated carbocycles. The number of rotatable bonds is 7. The second-order valence-corrected chi connectivity index (χ2v) is 4.44. The number of unbranched alkanes of at least 4 members (excludes halogenated alkanes) is 1. The SMILES string of the molecule is CC/C=C/NC(=O)Nc1ccccc1C(=O)OCCCC. The molecule has 0 aliphatic rings. The number of nitrogens with one attached hydrogen (secondary N) is 2. The van der Waals surface area contributed by atoms with Gasteiger partial charge < -0.3 is 15.4 Å². The lowest BCUT2D eigenvalue weighted by Crippen LogP contribution is -2.25. The Morgan fingerprint density at radius 1 is 1.24 bits per heavy atom. The van der Waals surface area contributed by atoms with E-state index in [1.54, 1.807) is 30.5 Å². The monoisotopic (exact) mass is 290 g/mol. The second-order valence-electron chi connectivity index (χ2n) is 4.44. The van der Waals surface area contributed by atoms with E-state index in [2.05, 4.69) is 10.6 Å². The summed E-state index contributed by atoms with van der Waals surface area (Å²) in [5, 5.41) is 5.21. The highest BCUT2D eigenvalue weighted by molar-refractivity contribution is 6.00. The van der Waals surface area contributed by atoms with Gasteiger partial charge in [0.2, 0.25) is 0 Å². The Hall–Kier alpha value is -2.30. The van der Waals surface area contributed by atoms with Crippen LogP contribution in [0.1, 0.15) is 43.5 Å². The predicted octanol–water partition coefficient (Wildman–Crippen LogP) is 3.69. The Bertz CT molecular complexity index is 498. The van der Waals surface area contributed by atoms with Crippen molar-refractivity contribution in [3.05, 3.63) is 42.1 Å². The van der Waals surface area contributed by atoms with E-state index in [-0.39, 0.29) is 0 Å². The van der Waals surface area contributed by atoms with E-state index >= 15 is 0 Å². The number of anilines is 1. The van der Waals surface area contributed by atoms with Gasteiger partial charge in [0.1, 0.15) is 0 Å². The summed E-state index contributed by atoms with van der Waals surface area (Å²) in [4.78, 5) is 23.7. The minimum atomic E-state index is -0.427. The van der Waals surface area contributed by atoms with E-state index in [0.29, 0.717) is 17.9 Å². The molecule has 1 rings (SSSR count). The first kappa shape index (κ1) is 16.8. The zero-order valence-electron chi connectivity index (χ0n) is 12.5.